The molecule has 2 aromatic carbocycles. The fraction of sp³-hybridized carbons (Fsp3) is 0.158. The molecule has 1 amide bonds. The lowest BCUT2D eigenvalue weighted by Crippen LogP contribution is -2.20. The lowest BCUT2D eigenvalue weighted by molar-refractivity contribution is -0.384. The molecule has 0 aliphatic carbocycles. The van der Waals surface area contributed by atoms with E-state index in [0.29, 0.717) is 30.4 Å². The lowest BCUT2D eigenvalue weighted by atomic mass is 10.2. The first-order valence-corrected chi connectivity index (χ1v) is 8.30. The number of anilines is 1. The number of nitro benzene ring substituents is 1. The molecule has 28 heavy (non-hydrogen) atoms. The van der Waals surface area contributed by atoms with Gasteiger partial charge in [0.25, 0.3) is 11.6 Å². The van der Waals surface area contributed by atoms with E-state index < -0.39 is 23.4 Å². The molecule has 0 atom stereocenters. The summed E-state index contributed by atoms with van der Waals surface area (Å²) < 4.78 is 15.7. The number of nitrogens with zero attached hydrogens (tertiary/aromatic N) is 1. The van der Waals surface area contributed by atoms with Crippen LogP contribution in [0.15, 0.2) is 48.5 Å². The summed E-state index contributed by atoms with van der Waals surface area (Å²) in [6.45, 7) is 0.476. The number of nitrogens with one attached hydrogen (secondary N) is 1. The zero-order valence-corrected chi connectivity index (χ0v) is 14.6. The van der Waals surface area contributed by atoms with Crippen LogP contribution in [0, 0.1) is 10.1 Å². The van der Waals surface area contributed by atoms with Crippen LogP contribution in [0.1, 0.15) is 5.56 Å². The third-order valence-electron chi connectivity index (χ3n) is 3.69. The smallest absolute Gasteiger partial charge is 0.331 e. The Bertz CT molecular complexity index is 922. The fourth-order valence-corrected chi connectivity index (χ4v) is 2.38. The van der Waals surface area contributed by atoms with Crippen molar-refractivity contribution in [1.29, 1.82) is 0 Å². The first kappa shape index (κ1) is 18.9. The highest BCUT2D eigenvalue weighted by Gasteiger charge is 2.11. The highest BCUT2D eigenvalue weighted by atomic mass is 16.6. The predicted molar refractivity (Wildman–Crippen MR) is 99.2 cm³/mol. The van der Waals surface area contributed by atoms with Gasteiger partial charge in [-0.05, 0) is 35.9 Å². The number of esters is 1. The maximum absolute atomic E-state index is 11.8. The van der Waals surface area contributed by atoms with Gasteiger partial charge in [-0.25, -0.2) is 4.79 Å². The Balaban J connectivity index is 1.47. The van der Waals surface area contributed by atoms with E-state index in [1.807, 2.05) is 0 Å². The minimum atomic E-state index is -0.686. The van der Waals surface area contributed by atoms with Gasteiger partial charge in [0.05, 0.1) is 4.92 Å². The quantitative estimate of drug-likeness (QED) is 0.352. The van der Waals surface area contributed by atoms with Crippen LogP contribution in [0.4, 0.5) is 11.4 Å². The van der Waals surface area contributed by atoms with E-state index in [-0.39, 0.29) is 5.69 Å². The van der Waals surface area contributed by atoms with E-state index >= 15 is 0 Å². The number of nitro groups is 1. The molecule has 0 spiro atoms. The van der Waals surface area contributed by atoms with Crippen molar-refractivity contribution in [3.8, 4) is 11.5 Å². The molecule has 3 rings (SSSR count). The first-order chi connectivity index (χ1) is 13.5. The van der Waals surface area contributed by atoms with Gasteiger partial charge in [0.1, 0.15) is 13.2 Å². The maximum atomic E-state index is 11.8. The minimum Gasteiger partial charge on any atom is -0.486 e. The molecule has 1 aliphatic rings. The molecule has 0 bridgehead atoms. The number of hydrogen-bond acceptors (Lipinski definition) is 7. The van der Waals surface area contributed by atoms with Crippen LogP contribution in [0.25, 0.3) is 6.08 Å². The van der Waals surface area contributed by atoms with Crippen molar-refractivity contribution in [1.82, 2.24) is 0 Å². The van der Waals surface area contributed by atoms with Crippen LogP contribution < -0.4 is 14.8 Å². The number of hydrogen-bond donors (Lipinski definition) is 1. The molecule has 2 aromatic rings. The van der Waals surface area contributed by atoms with Crippen molar-refractivity contribution in [2.24, 2.45) is 0 Å². The molecule has 1 aliphatic heterocycles. The van der Waals surface area contributed by atoms with Crippen LogP contribution in [-0.2, 0) is 14.3 Å². The molecular weight excluding hydrogens is 368 g/mol. The SMILES string of the molecule is O=C(COC(=O)/C=C/c1ccc2c(c1)OCCO2)Nc1ccc([N+](=O)[O-])cc1. The summed E-state index contributed by atoms with van der Waals surface area (Å²) in [6.07, 6.45) is 2.74. The number of fused-ring (bicyclic) bond motifs is 1. The monoisotopic (exact) mass is 384 g/mol. The van der Waals surface area contributed by atoms with Crippen LogP contribution in [-0.4, -0.2) is 36.6 Å². The van der Waals surface area contributed by atoms with Gasteiger partial charge in [-0.3, -0.25) is 14.9 Å². The number of carbonyl (C=O) groups excluding carboxylic acids is 2. The minimum absolute atomic E-state index is 0.0892. The van der Waals surface area contributed by atoms with Gasteiger partial charge < -0.3 is 19.5 Å². The van der Waals surface area contributed by atoms with Gasteiger partial charge in [0, 0.05) is 23.9 Å². The maximum Gasteiger partial charge on any atom is 0.331 e. The van der Waals surface area contributed by atoms with Crippen molar-refractivity contribution in [2.45, 2.75) is 0 Å². The third kappa shape index (κ3) is 5.07. The third-order valence-corrected chi connectivity index (χ3v) is 3.69. The van der Waals surface area contributed by atoms with Crippen molar-refractivity contribution < 1.29 is 28.7 Å². The Morgan fingerprint density at radius 1 is 1.11 bits per heavy atom. The number of non-ortho nitro benzene ring substituents is 1. The van der Waals surface area contributed by atoms with Gasteiger partial charge in [-0.2, -0.15) is 0 Å². The number of ether oxygens (including phenoxy) is 3. The largest absolute Gasteiger partial charge is 0.486 e. The molecule has 1 heterocycles. The Morgan fingerprint density at radius 2 is 1.82 bits per heavy atom. The zero-order valence-electron chi connectivity index (χ0n) is 14.6. The molecular formula is C19H16N2O7. The van der Waals surface area contributed by atoms with E-state index in [0.717, 1.165) is 5.56 Å². The lowest BCUT2D eigenvalue weighted by Gasteiger charge is -2.18. The highest BCUT2D eigenvalue weighted by molar-refractivity contribution is 5.94. The second-order valence-corrected chi connectivity index (χ2v) is 5.70. The predicted octanol–water partition coefficient (Wildman–Crippen LogP) is 2.56. The topological polar surface area (TPSA) is 117 Å². The number of carbonyl (C=O) groups is 2. The van der Waals surface area contributed by atoms with Crippen molar-refractivity contribution in [2.75, 3.05) is 25.1 Å². The normalized spacial score (nSPS) is 12.4. The van der Waals surface area contributed by atoms with Gasteiger partial charge in [-0.1, -0.05) is 6.07 Å². The molecule has 1 N–H and O–H groups in total. The Morgan fingerprint density at radius 3 is 2.54 bits per heavy atom. The van der Waals surface area contributed by atoms with Gasteiger partial charge in [-0.15, -0.1) is 0 Å². The molecule has 144 valence electrons. The second kappa shape index (κ2) is 8.67. The molecule has 0 fully saturated rings. The number of amides is 1. The zero-order chi connectivity index (χ0) is 19.9. The molecule has 9 nitrogen and oxygen atoms in total. The molecule has 0 saturated heterocycles. The van der Waals surface area contributed by atoms with Crippen LogP contribution in [0.2, 0.25) is 0 Å². The Kier molecular flexibility index (Phi) is 5.85. The molecule has 0 unspecified atom stereocenters. The standard InChI is InChI=1S/C19H16N2O7/c22-18(20-14-3-5-15(6-4-14)21(24)25)12-28-19(23)8-2-13-1-7-16-17(11-13)27-10-9-26-16/h1-8,11H,9-10,12H2,(H,20,22)/b8-2+. The van der Waals surface area contributed by atoms with Crippen LogP contribution in [0.3, 0.4) is 0 Å². The van der Waals surface area contributed by atoms with Gasteiger partial charge in [0.2, 0.25) is 0 Å². The summed E-state index contributed by atoms with van der Waals surface area (Å²) in [5.41, 5.74) is 0.990. The fourth-order valence-electron chi connectivity index (χ4n) is 2.38. The molecule has 0 aromatic heterocycles. The average molecular weight is 384 g/mol. The van der Waals surface area contributed by atoms with E-state index in [1.165, 1.54) is 36.4 Å². The number of benzene rings is 2. The van der Waals surface area contributed by atoms with Crippen LogP contribution >= 0.6 is 0 Å². The van der Waals surface area contributed by atoms with Crippen molar-refractivity contribution in [3.63, 3.8) is 0 Å². The second-order valence-electron chi connectivity index (χ2n) is 5.70. The van der Waals surface area contributed by atoms with Gasteiger partial charge in [0.15, 0.2) is 18.1 Å². The number of rotatable bonds is 6. The van der Waals surface area contributed by atoms with E-state index in [1.54, 1.807) is 18.2 Å². The summed E-state index contributed by atoms with van der Waals surface area (Å²) in [6, 6.07) is 10.5. The van der Waals surface area contributed by atoms with E-state index in [9.17, 15) is 19.7 Å². The highest BCUT2D eigenvalue weighted by Crippen LogP contribution is 2.31. The summed E-state index contributed by atoms with van der Waals surface area (Å²) in [5.74, 6) is 0.00167. The van der Waals surface area contributed by atoms with Crippen LogP contribution in [0.5, 0.6) is 11.5 Å². The summed E-state index contributed by atoms with van der Waals surface area (Å²) in [5, 5.41) is 13.1. The summed E-state index contributed by atoms with van der Waals surface area (Å²) in [7, 11) is 0. The molecule has 0 saturated carbocycles. The Hall–Kier alpha value is -3.88. The van der Waals surface area contributed by atoms with Crippen molar-refractivity contribution >= 4 is 29.3 Å². The van der Waals surface area contributed by atoms with Crippen molar-refractivity contribution in [3.05, 3.63) is 64.2 Å². The Labute approximate surface area is 159 Å². The van der Waals surface area contributed by atoms with E-state index in [4.69, 9.17) is 14.2 Å². The van der Waals surface area contributed by atoms with E-state index in [2.05, 4.69) is 5.32 Å². The molecule has 0 radical (unpaired) electrons. The summed E-state index contributed by atoms with van der Waals surface area (Å²) in [4.78, 5) is 33.6. The van der Waals surface area contributed by atoms with Gasteiger partial charge >= 0.3 is 5.97 Å². The first-order valence-electron chi connectivity index (χ1n) is 8.30. The summed E-state index contributed by atoms with van der Waals surface area (Å²) >= 11 is 0. The molecule has 9 heteroatoms. The average Bonchev–Trinajstić information content (AvgIpc) is 2.71.